The Labute approximate surface area is 152 Å². The molecule has 0 N–H and O–H groups in total. The summed E-state index contributed by atoms with van der Waals surface area (Å²) in [4.78, 5) is 2.16. The van der Waals surface area contributed by atoms with Gasteiger partial charge in [-0.15, -0.1) is 10.2 Å². The summed E-state index contributed by atoms with van der Waals surface area (Å²) in [5.41, 5.74) is 3.27. The van der Waals surface area contributed by atoms with Gasteiger partial charge in [-0.2, -0.15) is 0 Å². The van der Waals surface area contributed by atoms with Gasteiger partial charge in [-0.1, -0.05) is 23.8 Å². The van der Waals surface area contributed by atoms with Gasteiger partial charge in [0.05, 0.1) is 6.04 Å². The summed E-state index contributed by atoms with van der Waals surface area (Å²) in [6, 6.07) is 14.1. The van der Waals surface area contributed by atoms with E-state index < -0.39 is 0 Å². The lowest BCUT2D eigenvalue weighted by Crippen LogP contribution is -2.22. The maximum atomic E-state index is 5.90. The summed E-state index contributed by atoms with van der Waals surface area (Å²) >= 11 is 0. The minimum absolute atomic E-state index is 0.00730. The van der Waals surface area contributed by atoms with Crippen LogP contribution in [0.25, 0.3) is 11.5 Å². The molecule has 0 fully saturated rings. The average Bonchev–Trinajstić information content (AvgIpc) is 3.30. The molecule has 3 aromatic rings. The van der Waals surface area contributed by atoms with Crippen LogP contribution in [0.1, 0.15) is 30.0 Å². The average molecular weight is 351 g/mol. The smallest absolute Gasteiger partial charge is 0.247 e. The van der Waals surface area contributed by atoms with Gasteiger partial charge in [-0.05, 0) is 50.7 Å². The monoisotopic (exact) mass is 351 g/mol. The van der Waals surface area contributed by atoms with E-state index in [9.17, 15) is 0 Å². The number of benzene rings is 2. The Bertz CT molecular complexity index is 905. The standard InChI is InChI=1S/C20H21N3O3/c1-13-4-7-16(8-5-13)20-22-21-19(26-20)14(2)23(3)11-15-6-9-17-18(10-15)25-12-24-17/h4-10,14H,11-12H2,1-3H3. The fourth-order valence-corrected chi connectivity index (χ4v) is 2.87. The largest absolute Gasteiger partial charge is 0.454 e. The summed E-state index contributed by atoms with van der Waals surface area (Å²) in [5, 5.41) is 8.43. The van der Waals surface area contributed by atoms with Crippen LogP contribution in [0.3, 0.4) is 0 Å². The molecule has 0 amide bonds. The van der Waals surface area contributed by atoms with Gasteiger partial charge >= 0.3 is 0 Å². The van der Waals surface area contributed by atoms with Crippen LogP contribution in [0.4, 0.5) is 0 Å². The van der Waals surface area contributed by atoms with Crippen LogP contribution in [-0.4, -0.2) is 28.9 Å². The molecule has 1 atom stereocenters. The zero-order valence-corrected chi connectivity index (χ0v) is 15.1. The molecule has 26 heavy (non-hydrogen) atoms. The highest BCUT2D eigenvalue weighted by molar-refractivity contribution is 5.52. The van der Waals surface area contributed by atoms with Gasteiger partial charge in [-0.25, -0.2) is 0 Å². The van der Waals surface area contributed by atoms with Gasteiger partial charge in [0, 0.05) is 12.1 Å². The van der Waals surface area contributed by atoms with Crippen molar-refractivity contribution in [3.05, 3.63) is 59.5 Å². The van der Waals surface area contributed by atoms with Gasteiger partial charge in [-0.3, -0.25) is 4.90 Å². The van der Waals surface area contributed by atoms with Crippen molar-refractivity contribution in [3.8, 4) is 23.0 Å². The van der Waals surface area contributed by atoms with Crippen molar-refractivity contribution in [1.29, 1.82) is 0 Å². The van der Waals surface area contributed by atoms with Crippen LogP contribution in [0.2, 0.25) is 0 Å². The minimum atomic E-state index is -0.00730. The third-order valence-corrected chi connectivity index (χ3v) is 4.63. The maximum absolute atomic E-state index is 5.90. The van der Waals surface area contributed by atoms with Crippen molar-refractivity contribution in [2.24, 2.45) is 0 Å². The molecule has 0 aliphatic carbocycles. The number of hydrogen-bond donors (Lipinski definition) is 0. The molecule has 134 valence electrons. The summed E-state index contributed by atoms with van der Waals surface area (Å²) in [5.74, 6) is 2.74. The Morgan fingerprint density at radius 2 is 1.81 bits per heavy atom. The van der Waals surface area contributed by atoms with E-state index >= 15 is 0 Å². The predicted molar refractivity (Wildman–Crippen MR) is 96.9 cm³/mol. The summed E-state index contributed by atoms with van der Waals surface area (Å²) in [7, 11) is 2.03. The molecule has 4 rings (SSSR count). The Balaban J connectivity index is 1.47. The molecule has 1 aromatic heterocycles. The molecule has 1 aliphatic rings. The van der Waals surface area contributed by atoms with Gasteiger partial charge in [0.25, 0.3) is 0 Å². The fourth-order valence-electron chi connectivity index (χ4n) is 2.87. The first-order valence-corrected chi connectivity index (χ1v) is 8.59. The van der Waals surface area contributed by atoms with Crippen LogP contribution in [0.5, 0.6) is 11.5 Å². The summed E-state index contributed by atoms with van der Waals surface area (Å²) < 4.78 is 16.7. The van der Waals surface area contributed by atoms with E-state index in [4.69, 9.17) is 13.9 Å². The van der Waals surface area contributed by atoms with E-state index in [0.29, 0.717) is 11.8 Å². The lowest BCUT2D eigenvalue weighted by molar-refractivity contribution is 0.174. The highest BCUT2D eigenvalue weighted by Crippen LogP contribution is 2.33. The Kier molecular flexibility index (Phi) is 4.34. The molecule has 2 heterocycles. The number of hydrogen-bond acceptors (Lipinski definition) is 6. The zero-order chi connectivity index (χ0) is 18.1. The number of aryl methyl sites for hydroxylation is 1. The Morgan fingerprint density at radius 3 is 2.62 bits per heavy atom. The van der Waals surface area contributed by atoms with Crippen LogP contribution in [-0.2, 0) is 6.54 Å². The molecule has 0 radical (unpaired) electrons. The van der Waals surface area contributed by atoms with Crippen molar-refractivity contribution in [2.45, 2.75) is 26.4 Å². The van der Waals surface area contributed by atoms with Crippen molar-refractivity contribution in [2.75, 3.05) is 13.8 Å². The van der Waals surface area contributed by atoms with E-state index in [0.717, 1.165) is 29.2 Å². The Hall–Kier alpha value is -2.86. The predicted octanol–water partition coefficient (Wildman–Crippen LogP) is 3.97. The molecule has 6 heteroatoms. The van der Waals surface area contributed by atoms with Crippen molar-refractivity contribution >= 4 is 0 Å². The van der Waals surface area contributed by atoms with E-state index in [1.165, 1.54) is 5.56 Å². The highest BCUT2D eigenvalue weighted by atomic mass is 16.7. The number of rotatable bonds is 5. The number of ether oxygens (including phenoxy) is 2. The number of nitrogens with zero attached hydrogens (tertiary/aromatic N) is 3. The normalized spacial score (nSPS) is 14.0. The van der Waals surface area contributed by atoms with Crippen LogP contribution in [0, 0.1) is 6.92 Å². The van der Waals surface area contributed by atoms with Gasteiger partial charge in [0.1, 0.15) is 0 Å². The molecule has 1 aliphatic heterocycles. The highest BCUT2D eigenvalue weighted by Gasteiger charge is 2.20. The van der Waals surface area contributed by atoms with Crippen molar-refractivity contribution in [1.82, 2.24) is 15.1 Å². The quantitative estimate of drug-likeness (QED) is 0.693. The topological polar surface area (TPSA) is 60.6 Å². The SMILES string of the molecule is Cc1ccc(-c2nnc(C(C)N(C)Cc3ccc4c(c3)OCO4)o2)cc1. The molecule has 1 unspecified atom stereocenters. The molecule has 0 spiro atoms. The molecular weight excluding hydrogens is 330 g/mol. The first kappa shape index (κ1) is 16.6. The van der Waals surface area contributed by atoms with E-state index in [1.54, 1.807) is 0 Å². The number of aromatic nitrogens is 2. The van der Waals surface area contributed by atoms with E-state index in [-0.39, 0.29) is 12.8 Å². The van der Waals surface area contributed by atoms with Crippen LogP contribution in [0.15, 0.2) is 46.9 Å². The zero-order valence-electron chi connectivity index (χ0n) is 15.1. The lowest BCUT2D eigenvalue weighted by Gasteiger charge is -2.21. The molecule has 2 aromatic carbocycles. The summed E-state index contributed by atoms with van der Waals surface area (Å²) in [6.07, 6.45) is 0. The van der Waals surface area contributed by atoms with Gasteiger partial charge in [0.15, 0.2) is 11.5 Å². The molecule has 6 nitrogen and oxygen atoms in total. The van der Waals surface area contributed by atoms with E-state index in [2.05, 4.69) is 28.9 Å². The number of fused-ring (bicyclic) bond motifs is 1. The maximum Gasteiger partial charge on any atom is 0.247 e. The van der Waals surface area contributed by atoms with Crippen molar-refractivity contribution in [3.63, 3.8) is 0 Å². The van der Waals surface area contributed by atoms with Crippen molar-refractivity contribution < 1.29 is 13.9 Å². The van der Waals surface area contributed by atoms with Gasteiger partial charge < -0.3 is 13.9 Å². The molecule has 0 saturated carbocycles. The second-order valence-electron chi connectivity index (χ2n) is 6.59. The molecule has 0 bridgehead atoms. The fraction of sp³-hybridized carbons (Fsp3) is 0.300. The Morgan fingerprint density at radius 1 is 1.04 bits per heavy atom. The third kappa shape index (κ3) is 3.28. The van der Waals surface area contributed by atoms with Gasteiger partial charge in [0.2, 0.25) is 18.6 Å². The second-order valence-corrected chi connectivity index (χ2v) is 6.59. The molecule has 0 saturated heterocycles. The first-order valence-electron chi connectivity index (χ1n) is 8.59. The minimum Gasteiger partial charge on any atom is -0.454 e. The third-order valence-electron chi connectivity index (χ3n) is 4.63. The van der Waals surface area contributed by atoms with Crippen LogP contribution < -0.4 is 9.47 Å². The lowest BCUT2D eigenvalue weighted by atomic mass is 10.1. The summed E-state index contributed by atoms with van der Waals surface area (Å²) in [6.45, 7) is 5.13. The molecular formula is C20H21N3O3. The first-order chi connectivity index (χ1) is 12.6. The second kappa shape index (κ2) is 6.80. The van der Waals surface area contributed by atoms with Crippen LogP contribution >= 0.6 is 0 Å². The van der Waals surface area contributed by atoms with E-state index in [1.807, 2.05) is 49.5 Å².